The molecule has 5 unspecified atom stereocenters. The van der Waals surface area contributed by atoms with Crippen molar-refractivity contribution in [2.24, 2.45) is 0 Å². The second-order valence-corrected chi connectivity index (χ2v) is 9.03. The maximum absolute atomic E-state index is 13.1. The Bertz CT molecular complexity index is 1370. The van der Waals surface area contributed by atoms with Gasteiger partial charge in [0.2, 0.25) is 17.5 Å². The third kappa shape index (κ3) is 4.99. The Morgan fingerprint density at radius 1 is 1.00 bits per heavy atom. The first-order chi connectivity index (χ1) is 17.5. The Hall–Kier alpha value is -3.61. The lowest BCUT2D eigenvalue weighted by Crippen LogP contribution is -2.60. The summed E-state index contributed by atoms with van der Waals surface area (Å²) in [5.74, 6) is -1.60. The highest BCUT2D eigenvalue weighted by Gasteiger charge is 2.45. The average molecular weight is 516 g/mol. The number of benzene rings is 2. The van der Waals surface area contributed by atoms with Crippen LogP contribution < -0.4 is 10.2 Å². The summed E-state index contributed by atoms with van der Waals surface area (Å²) in [7, 11) is 0. The minimum absolute atomic E-state index is 0.0388. The van der Waals surface area contributed by atoms with Crippen molar-refractivity contribution in [1.29, 1.82) is 0 Å². The zero-order chi connectivity index (χ0) is 27.0. The van der Waals surface area contributed by atoms with Gasteiger partial charge in [-0.05, 0) is 44.5 Å². The molecule has 7 N–H and O–H groups in total. The molecule has 0 saturated carbocycles. The van der Waals surface area contributed by atoms with E-state index in [2.05, 4.69) is 0 Å². The summed E-state index contributed by atoms with van der Waals surface area (Å²) in [5.41, 5.74) is 0.202. The van der Waals surface area contributed by atoms with Gasteiger partial charge >= 0.3 is 0 Å². The highest BCUT2D eigenvalue weighted by Crippen LogP contribution is 2.40. The Labute approximate surface area is 210 Å². The number of hydrogen-bond donors (Lipinski definition) is 7. The monoisotopic (exact) mass is 516 g/mol. The van der Waals surface area contributed by atoms with Crippen LogP contribution in [0.1, 0.15) is 19.4 Å². The van der Waals surface area contributed by atoms with Crippen molar-refractivity contribution in [3.63, 3.8) is 0 Å². The topological polar surface area (TPSA) is 190 Å². The van der Waals surface area contributed by atoms with Gasteiger partial charge in [0, 0.05) is 17.2 Å². The maximum atomic E-state index is 13.1. The fourth-order valence-corrected chi connectivity index (χ4v) is 4.05. The largest absolute Gasteiger partial charge is 0.508 e. The van der Waals surface area contributed by atoms with Crippen LogP contribution in [0.4, 0.5) is 0 Å². The Kier molecular flexibility index (Phi) is 7.44. The van der Waals surface area contributed by atoms with E-state index in [-0.39, 0.29) is 45.8 Å². The zero-order valence-corrected chi connectivity index (χ0v) is 20.0. The van der Waals surface area contributed by atoms with Gasteiger partial charge in [0.1, 0.15) is 52.6 Å². The summed E-state index contributed by atoms with van der Waals surface area (Å²) in [5, 5.41) is 71.0. The lowest BCUT2D eigenvalue weighted by molar-refractivity contribution is -0.277. The molecule has 1 aromatic heterocycles. The van der Waals surface area contributed by atoms with E-state index < -0.39 is 54.2 Å². The first-order valence-electron chi connectivity index (χ1n) is 11.5. The molecule has 0 bridgehead atoms. The van der Waals surface area contributed by atoms with E-state index in [0.29, 0.717) is 0 Å². The van der Waals surface area contributed by atoms with Gasteiger partial charge in [0.15, 0.2) is 5.76 Å². The van der Waals surface area contributed by atoms with Crippen LogP contribution >= 0.6 is 0 Å². The van der Waals surface area contributed by atoms with Crippen molar-refractivity contribution in [2.45, 2.75) is 51.0 Å². The van der Waals surface area contributed by atoms with Crippen LogP contribution in [0.2, 0.25) is 0 Å². The zero-order valence-electron chi connectivity index (χ0n) is 20.0. The van der Waals surface area contributed by atoms with Crippen LogP contribution in [0.25, 0.3) is 22.3 Å². The van der Waals surface area contributed by atoms with Crippen LogP contribution in [-0.2, 0) is 11.2 Å². The third-order valence-corrected chi connectivity index (χ3v) is 6.13. The molecule has 4 rings (SSSR count). The van der Waals surface area contributed by atoms with Crippen molar-refractivity contribution >= 4 is 11.0 Å². The molecule has 198 valence electrons. The molecule has 0 radical (unpaired) electrons. The summed E-state index contributed by atoms with van der Waals surface area (Å²) in [6, 6.07) is 6.80. The molecule has 2 aromatic carbocycles. The highest BCUT2D eigenvalue weighted by atomic mass is 16.7. The fourth-order valence-electron chi connectivity index (χ4n) is 4.05. The number of phenolic OH excluding ortho intramolecular Hbond substituents is 2. The van der Waals surface area contributed by atoms with E-state index in [1.54, 1.807) is 6.08 Å². The number of rotatable bonds is 6. The summed E-state index contributed by atoms with van der Waals surface area (Å²) in [6.07, 6.45) is -5.96. The van der Waals surface area contributed by atoms with Gasteiger partial charge in [0.05, 0.1) is 6.61 Å². The quantitative estimate of drug-likeness (QED) is 0.234. The van der Waals surface area contributed by atoms with Crippen molar-refractivity contribution in [3.05, 3.63) is 57.8 Å². The van der Waals surface area contributed by atoms with Crippen molar-refractivity contribution in [3.8, 4) is 34.3 Å². The van der Waals surface area contributed by atoms with E-state index in [1.807, 2.05) is 13.8 Å². The van der Waals surface area contributed by atoms with Gasteiger partial charge < -0.3 is 49.6 Å². The van der Waals surface area contributed by atoms with Crippen molar-refractivity contribution < 1.29 is 49.6 Å². The molecule has 0 aliphatic carbocycles. The average Bonchev–Trinajstić information content (AvgIpc) is 2.86. The third-order valence-electron chi connectivity index (χ3n) is 6.13. The SMILES string of the molecule is CC(C)=CCc1c(OC2OC(CO)C(O)C(O)C2O)cc2oc(-c3ccc(O)cc3)c(O)c(=O)c2c1O. The summed E-state index contributed by atoms with van der Waals surface area (Å²) < 4.78 is 17.0. The van der Waals surface area contributed by atoms with Gasteiger partial charge in [-0.3, -0.25) is 4.79 Å². The molecule has 1 aliphatic heterocycles. The van der Waals surface area contributed by atoms with Crippen molar-refractivity contribution in [1.82, 2.24) is 0 Å². The number of hydrogen-bond acceptors (Lipinski definition) is 11. The smallest absolute Gasteiger partial charge is 0.238 e. The first-order valence-corrected chi connectivity index (χ1v) is 11.5. The predicted molar refractivity (Wildman–Crippen MR) is 130 cm³/mol. The minimum atomic E-state index is -1.72. The van der Waals surface area contributed by atoms with Crippen LogP contribution in [0.5, 0.6) is 23.0 Å². The molecule has 0 amide bonds. The molecule has 11 heteroatoms. The molecule has 2 heterocycles. The lowest BCUT2D eigenvalue weighted by atomic mass is 9.99. The van der Waals surface area contributed by atoms with Crippen LogP contribution in [0, 0.1) is 0 Å². The van der Waals surface area contributed by atoms with Crippen LogP contribution in [0.3, 0.4) is 0 Å². The molecular weight excluding hydrogens is 488 g/mol. The summed E-state index contributed by atoms with van der Waals surface area (Å²) in [6.45, 7) is 2.98. The van der Waals surface area contributed by atoms with Gasteiger partial charge in [0.25, 0.3) is 0 Å². The van der Waals surface area contributed by atoms with Gasteiger partial charge in [-0.2, -0.15) is 0 Å². The molecule has 0 spiro atoms. The number of aliphatic hydroxyl groups excluding tert-OH is 4. The highest BCUT2D eigenvalue weighted by molar-refractivity contribution is 5.90. The summed E-state index contributed by atoms with van der Waals surface area (Å²) in [4.78, 5) is 13.1. The number of allylic oxidation sites excluding steroid dienone is 2. The second-order valence-electron chi connectivity index (χ2n) is 9.03. The molecule has 37 heavy (non-hydrogen) atoms. The molecule has 1 saturated heterocycles. The standard InChI is InChI=1S/C26H28O11/c1-11(2)3-8-14-15(36-26-24(34)22(32)20(30)17(10-27)37-26)9-16-18(19(14)29)21(31)23(33)25(35-16)12-4-6-13(28)7-5-12/h3-7,9,17,20,22,24,26-30,32-34H,8,10H2,1-2H3. The predicted octanol–water partition coefficient (Wildman–Crippen LogP) is 1.26. The van der Waals surface area contributed by atoms with E-state index in [4.69, 9.17) is 13.9 Å². The molecule has 5 atom stereocenters. The Morgan fingerprint density at radius 3 is 2.30 bits per heavy atom. The van der Waals surface area contributed by atoms with Gasteiger partial charge in [-0.1, -0.05) is 11.6 Å². The first kappa shape index (κ1) is 26.5. The van der Waals surface area contributed by atoms with Crippen LogP contribution in [0.15, 0.2) is 51.2 Å². The number of phenols is 2. The molecule has 11 nitrogen and oxygen atoms in total. The number of aliphatic hydroxyl groups is 4. The van der Waals surface area contributed by atoms with E-state index >= 15 is 0 Å². The molecule has 1 aliphatic rings. The minimum Gasteiger partial charge on any atom is -0.508 e. The fraction of sp³-hybridized carbons (Fsp3) is 0.346. The molecule has 3 aromatic rings. The molecule has 1 fully saturated rings. The van der Waals surface area contributed by atoms with Crippen molar-refractivity contribution in [2.75, 3.05) is 6.61 Å². The lowest BCUT2D eigenvalue weighted by Gasteiger charge is -2.39. The van der Waals surface area contributed by atoms with Gasteiger partial charge in [-0.15, -0.1) is 0 Å². The van der Waals surface area contributed by atoms with Gasteiger partial charge in [-0.25, -0.2) is 0 Å². The Balaban J connectivity index is 1.88. The van der Waals surface area contributed by atoms with E-state index in [1.165, 1.54) is 30.3 Å². The number of aromatic hydroxyl groups is 3. The van der Waals surface area contributed by atoms with Crippen LogP contribution in [-0.4, -0.2) is 73.1 Å². The Morgan fingerprint density at radius 2 is 1.68 bits per heavy atom. The number of ether oxygens (including phenoxy) is 2. The second kappa shape index (κ2) is 10.4. The maximum Gasteiger partial charge on any atom is 0.238 e. The normalized spacial score (nSPS) is 23.7. The summed E-state index contributed by atoms with van der Waals surface area (Å²) >= 11 is 0. The number of fused-ring (bicyclic) bond motifs is 1. The van der Waals surface area contributed by atoms with E-state index in [0.717, 1.165) is 5.57 Å². The molecular formula is C26H28O11. The van der Waals surface area contributed by atoms with E-state index in [9.17, 15) is 40.5 Å².